The summed E-state index contributed by atoms with van der Waals surface area (Å²) in [5.74, 6) is 0. The van der Waals surface area contributed by atoms with Crippen LogP contribution in [0.25, 0.3) is 0 Å². The van der Waals surface area contributed by atoms with Crippen LogP contribution in [-0.2, 0) is 4.84 Å². The highest BCUT2D eigenvalue weighted by atomic mass is 16.8. The zero-order chi connectivity index (χ0) is 5.28. The number of hydrogen-bond acceptors (Lipinski definition) is 2. The van der Waals surface area contributed by atoms with Gasteiger partial charge in [-0.25, -0.2) is 4.84 Å². The van der Waals surface area contributed by atoms with E-state index in [0.717, 1.165) is 0 Å². The van der Waals surface area contributed by atoms with Crippen molar-refractivity contribution in [1.82, 2.24) is 5.01 Å². The third-order valence-electron chi connectivity index (χ3n) is 0.895. The molecule has 0 radical (unpaired) electrons. The Morgan fingerprint density at radius 2 is 2.57 bits per heavy atom. The normalized spacial score (nSPS) is 20.1. The Morgan fingerprint density at radius 3 is 2.71 bits per heavy atom. The van der Waals surface area contributed by atoms with Gasteiger partial charge in [0.1, 0.15) is 11.5 Å². The van der Waals surface area contributed by atoms with Gasteiger partial charge in [0.2, 0.25) is 0 Å². The molecule has 1 saturated heterocycles. The fourth-order valence-electron chi connectivity index (χ4n) is 0.431. The van der Waals surface area contributed by atoms with Crippen LogP contribution >= 0.6 is 0 Å². The summed E-state index contributed by atoms with van der Waals surface area (Å²) in [4.78, 5) is 14.7. The van der Waals surface area contributed by atoms with E-state index >= 15 is 0 Å². The molecule has 0 unspecified atom stereocenters. The second kappa shape index (κ2) is 1.36. The maximum absolute atomic E-state index is 10.2. The van der Waals surface area contributed by atoms with Crippen LogP contribution in [0.15, 0.2) is 0 Å². The Labute approximate surface area is 41.2 Å². The first-order chi connectivity index (χ1) is 3.30. The molecule has 4 heteroatoms. The minimum absolute atomic E-state index is 0.486. The van der Waals surface area contributed by atoms with Gasteiger partial charge in [-0.15, -0.1) is 0 Å². The predicted molar refractivity (Wildman–Crippen MR) is 22.2 cm³/mol. The number of hydrogen-bond donors (Lipinski definition) is 0. The van der Waals surface area contributed by atoms with E-state index < -0.39 is 0 Å². The molecule has 0 aromatic carbocycles. The number of nitrogens with zero attached hydrogens (tertiary/aromatic N) is 2. The van der Waals surface area contributed by atoms with Crippen LogP contribution in [0.1, 0.15) is 0 Å². The summed E-state index contributed by atoms with van der Waals surface area (Å²) in [6, 6.07) is 0. The quantitative estimate of drug-likeness (QED) is 0.416. The molecule has 0 aliphatic carbocycles. The average Bonchev–Trinajstić information content (AvgIpc) is 1.91. The first-order valence-electron chi connectivity index (χ1n) is 2.12. The molecule has 1 aliphatic rings. The van der Waals surface area contributed by atoms with E-state index in [2.05, 4.69) is 4.84 Å². The largest absolute Gasteiger partial charge is 0.359 e. The molecule has 0 atom stereocenters. The van der Waals surface area contributed by atoms with Crippen molar-refractivity contribution in [2.24, 2.45) is 0 Å². The lowest BCUT2D eigenvalue weighted by molar-refractivity contribution is -0.879. The first kappa shape index (κ1) is 4.36. The zero-order valence-corrected chi connectivity index (χ0v) is 4.13. The van der Waals surface area contributed by atoms with Crippen LogP contribution in [0.3, 0.4) is 0 Å². The highest BCUT2D eigenvalue weighted by Gasteiger charge is 2.25. The second-order valence-electron chi connectivity index (χ2n) is 1.45. The van der Waals surface area contributed by atoms with Gasteiger partial charge < -0.3 is 0 Å². The fraction of sp³-hybridized carbons (Fsp3) is 1.00. The molecule has 0 bridgehead atoms. The second-order valence-corrected chi connectivity index (χ2v) is 1.45. The summed E-state index contributed by atoms with van der Waals surface area (Å²) >= 11 is 0. The summed E-state index contributed by atoms with van der Waals surface area (Å²) in [6.45, 7) is 1.21. The van der Waals surface area contributed by atoms with E-state index in [1.54, 1.807) is 7.05 Å². The molecule has 4 nitrogen and oxygen atoms in total. The maximum atomic E-state index is 10.2. The Bertz CT molecular complexity index is 92.9. The van der Waals surface area contributed by atoms with Gasteiger partial charge in [-0.1, -0.05) is 5.01 Å². The van der Waals surface area contributed by atoms with Crippen molar-refractivity contribution in [3.63, 3.8) is 0 Å². The van der Waals surface area contributed by atoms with E-state index in [4.69, 9.17) is 0 Å². The smallest absolute Gasteiger partial charge is 0.203 e. The fourth-order valence-corrected chi connectivity index (χ4v) is 0.431. The van der Waals surface area contributed by atoms with Crippen molar-refractivity contribution in [3.05, 3.63) is 4.91 Å². The van der Waals surface area contributed by atoms with Crippen molar-refractivity contribution in [3.8, 4) is 0 Å². The van der Waals surface area contributed by atoms with Gasteiger partial charge in [0.25, 0.3) is 0 Å². The van der Waals surface area contributed by atoms with E-state index in [9.17, 15) is 4.91 Å². The van der Waals surface area contributed by atoms with Crippen molar-refractivity contribution in [1.29, 1.82) is 0 Å². The topological polar surface area (TPSA) is 32.5 Å². The minimum Gasteiger partial charge on any atom is -0.203 e. The predicted octanol–water partition coefficient (Wildman–Crippen LogP) is -0.443. The van der Waals surface area contributed by atoms with Crippen LogP contribution in [0, 0.1) is 4.91 Å². The summed E-state index contributed by atoms with van der Waals surface area (Å²) in [6.07, 6.45) is 0. The standard InChI is InChI=1S/C3H7N2O2/c1-4-2-3-7-5(4)6/h2-3H2,1H3/q+1. The molecule has 1 rings (SSSR count). The molecule has 0 spiro atoms. The van der Waals surface area contributed by atoms with E-state index in [1.165, 1.54) is 5.01 Å². The van der Waals surface area contributed by atoms with Gasteiger partial charge in [0.05, 0.1) is 7.05 Å². The molecule has 0 aromatic heterocycles. The molecule has 7 heavy (non-hydrogen) atoms. The summed E-state index contributed by atoms with van der Waals surface area (Å²) < 4.78 is 0. The minimum atomic E-state index is 0.486. The SMILES string of the molecule is CN1CCO[N+]1=O. The van der Waals surface area contributed by atoms with Gasteiger partial charge in [-0.05, 0) is 0 Å². The number of likely N-dealkylation sites (N-methyl/N-ethyl adjacent to an activating group) is 1. The molecule has 0 amide bonds. The maximum Gasteiger partial charge on any atom is 0.359 e. The van der Waals surface area contributed by atoms with Crippen LogP contribution in [0.2, 0.25) is 0 Å². The Hall–Kier alpha value is -0.800. The summed E-state index contributed by atoms with van der Waals surface area (Å²) in [5, 5.41) is 1.94. The summed E-state index contributed by atoms with van der Waals surface area (Å²) in [7, 11) is 1.68. The van der Waals surface area contributed by atoms with E-state index in [0.29, 0.717) is 18.2 Å². The van der Waals surface area contributed by atoms with Gasteiger partial charge in [-0.3, -0.25) is 0 Å². The van der Waals surface area contributed by atoms with Crippen molar-refractivity contribution in [2.45, 2.75) is 0 Å². The molecule has 1 heterocycles. The molecule has 1 aliphatic heterocycles. The van der Waals surface area contributed by atoms with Crippen LogP contribution in [0.4, 0.5) is 0 Å². The molecular formula is C3H7N2O2+. The highest BCUT2D eigenvalue weighted by Crippen LogP contribution is 1.93. The number of hydrazine groups is 1. The highest BCUT2D eigenvalue weighted by molar-refractivity contribution is 4.33. The Morgan fingerprint density at radius 1 is 1.86 bits per heavy atom. The van der Waals surface area contributed by atoms with Gasteiger partial charge in [0.15, 0.2) is 6.61 Å². The lowest BCUT2D eigenvalue weighted by Gasteiger charge is -1.86. The van der Waals surface area contributed by atoms with Gasteiger partial charge in [-0.2, -0.15) is 0 Å². The third-order valence-corrected chi connectivity index (χ3v) is 0.895. The Kier molecular flexibility index (Phi) is 0.850. The van der Waals surface area contributed by atoms with Crippen molar-refractivity contribution >= 4 is 0 Å². The third kappa shape index (κ3) is 0.629. The molecule has 40 valence electrons. The molecular weight excluding hydrogens is 96.0 g/mol. The number of rotatable bonds is 0. The lowest BCUT2D eigenvalue weighted by Crippen LogP contribution is -2.19. The zero-order valence-electron chi connectivity index (χ0n) is 4.13. The average molecular weight is 103 g/mol. The van der Waals surface area contributed by atoms with Crippen LogP contribution in [-0.4, -0.2) is 30.2 Å². The Balaban J connectivity index is 2.48. The van der Waals surface area contributed by atoms with E-state index in [-0.39, 0.29) is 0 Å². The molecule has 0 N–H and O–H groups in total. The molecule has 0 saturated carbocycles. The van der Waals surface area contributed by atoms with E-state index in [1.807, 2.05) is 0 Å². The van der Waals surface area contributed by atoms with Gasteiger partial charge in [0, 0.05) is 0 Å². The first-order valence-corrected chi connectivity index (χ1v) is 2.12. The van der Waals surface area contributed by atoms with Crippen LogP contribution < -0.4 is 0 Å². The molecule has 1 fully saturated rings. The van der Waals surface area contributed by atoms with Crippen LogP contribution in [0.5, 0.6) is 0 Å². The summed E-state index contributed by atoms with van der Waals surface area (Å²) in [5.41, 5.74) is 0. The monoisotopic (exact) mass is 103 g/mol. The lowest BCUT2D eigenvalue weighted by atomic mass is 10.7. The molecule has 0 aromatic rings. The van der Waals surface area contributed by atoms with Crippen molar-refractivity contribution < 1.29 is 9.87 Å². The van der Waals surface area contributed by atoms with Crippen molar-refractivity contribution in [2.75, 3.05) is 20.2 Å². The van der Waals surface area contributed by atoms with Gasteiger partial charge >= 0.3 is 5.03 Å².